The molecule has 0 amide bonds. The third-order valence-electron chi connectivity index (χ3n) is 2.67. The molecule has 2 rings (SSSR count). The van der Waals surface area contributed by atoms with Crippen LogP contribution >= 0.6 is 11.6 Å². The molecular formula is C13H12ClFN2O2S. The molecule has 0 unspecified atom stereocenters. The van der Waals surface area contributed by atoms with E-state index in [4.69, 9.17) is 17.3 Å². The molecule has 0 heterocycles. The summed E-state index contributed by atoms with van der Waals surface area (Å²) in [5.41, 5.74) is 5.98. The number of nitrogen functional groups attached to an aromatic ring is 1. The molecule has 0 aliphatic carbocycles. The molecule has 0 atom stereocenters. The number of aryl methyl sites for hydroxylation is 1. The fourth-order valence-electron chi connectivity index (χ4n) is 1.73. The van der Waals surface area contributed by atoms with Crippen molar-refractivity contribution in [1.82, 2.24) is 0 Å². The van der Waals surface area contributed by atoms with Gasteiger partial charge in [-0.15, -0.1) is 0 Å². The zero-order valence-electron chi connectivity index (χ0n) is 10.5. The monoisotopic (exact) mass is 314 g/mol. The van der Waals surface area contributed by atoms with Crippen LogP contribution in [0.2, 0.25) is 5.02 Å². The molecule has 3 N–H and O–H groups in total. The van der Waals surface area contributed by atoms with E-state index < -0.39 is 15.8 Å². The normalized spacial score (nSPS) is 11.3. The standard InChI is InChI=1S/C13H12ClFN2O2S/c1-8-6-9(14)2-5-13(8)20(18,19)17-10-3-4-11(15)12(16)7-10/h2-7,17H,16H2,1H3. The van der Waals surface area contributed by atoms with Gasteiger partial charge in [-0.2, -0.15) is 0 Å². The van der Waals surface area contributed by atoms with Gasteiger partial charge in [0.05, 0.1) is 16.3 Å². The maximum Gasteiger partial charge on any atom is 0.262 e. The van der Waals surface area contributed by atoms with Crippen molar-refractivity contribution in [1.29, 1.82) is 0 Å². The van der Waals surface area contributed by atoms with Crippen LogP contribution in [0.5, 0.6) is 0 Å². The predicted molar refractivity (Wildman–Crippen MR) is 77.8 cm³/mol. The summed E-state index contributed by atoms with van der Waals surface area (Å²) in [4.78, 5) is 0.102. The number of anilines is 2. The van der Waals surface area contributed by atoms with Crippen molar-refractivity contribution in [2.75, 3.05) is 10.5 Å². The van der Waals surface area contributed by atoms with E-state index in [1.165, 1.54) is 24.3 Å². The Kier molecular flexibility index (Phi) is 3.87. The molecule has 0 saturated heterocycles. The molecule has 2 aromatic rings. The first kappa shape index (κ1) is 14.6. The lowest BCUT2D eigenvalue weighted by atomic mass is 10.2. The molecule has 106 valence electrons. The van der Waals surface area contributed by atoms with Gasteiger partial charge in [0.2, 0.25) is 0 Å². The molecule has 0 fully saturated rings. The van der Waals surface area contributed by atoms with E-state index >= 15 is 0 Å². The Morgan fingerprint density at radius 1 is 1.20 bits per heavy atom. The van der Waals surface area contributed by atoms with Crippen molar-refractivity contribution >= 4 is 33.0 Å². The smallest absolute Gasteiger partial charge is 0.262 e. The van der Waals surface area contributed by atoms with Crippen molar-refractivity contribution < 1.29 is 12.8 Å². The lowest BCUT2D eigenvalue weighted by Crippen LogP contribution is -2.14. The summed E-state index contributed by atoms with van der Waals surface area (Å²) in [5, 5.41) is 0.451. The van der Waals surface area contributed by atoms with Crippen LogP contribution in [0.1, 0.15) is 5.56 Å². The van der Waals surface area contributed by atoms with Crippen LogP contribution in [0.4, 0.5) is 15.8 Å². The zero-order valence-corrected chi connectivity index (χ0v) is 12.1. The van der Waals surface area contributed by atoms with Crippen LogP contribution in [-0.4, -0.2) is 8.42 Å². The Labute approximate surface area is 121 Å². The van der Waals surface area contributed by atoms with Gasteiger partial charge in [-0.05, 0) is 48.9 Å². The molecule has 0 aliphatic rings. The van der Waals surface area contributed by atoms with Crippen molar-refractivity contribution in [3.05, 3.63) is 52.8 Å². The quantitative estimate of drug-likeness (QED) is 0.855. The van der Waals surface area contributed by atoms with E-state index in [1.54, 1.807) is 13.0 Å². The van der Waals surface area contributed by atoms with Crippen molar-refractivity contribution in [2.45, 2.75) is 11.8 Å². The maximum absolute atomic E-state index is 13.0. The Balaban J connectivity index is 2.38. The second-order valence-electron chi connectivity index (χ2n) is 4.25. The number of nitrogens with one attached hydrogen (secondary N) is 1. The van der Waals surface area contributed by atoms with Crippen LogP contribution in [0.3, 0.4) is 0 Å². The fraction of sp³-hybridized carbons (Fsp3) is 0.0769. The summed E-state index contributed by atoms with van der Waals surface area (Å²) >= 11 is 5.79. The van der Waals surface area contributed by atoms with Gasteiger partial charge in [-0.1, -0.05) is 11.6 Å². The van der Waals surface area contributed by atoms with Crippen molar-refractivity contribution in [3.63, 3.8) is 0 Å². The number of sulfonamides is 1. The fourth-order valence-corrected chi connectivity index (χ4v) is 3.24. The number of nitrogens with two attached hydrogens (primary N) is 1. The van der Waals surface area contributed by atoms with Crippen molar-refractivity contribution in [3.8, 4) is 0 Å². The second kappa shape index (κ2) is 5.30. The highest BCUT2D eigenvalue weighted by Gasteiger charge is 2.17. The molecule has 2 aromatic carbocycles. The lowest BCUT2D eigenvalue weighted by molar-refractivity contribution is 0.600. The van der Waals surface area contributed by atoms with E-state index in [0.717, 1.165) is 6.07 Å². The van der Waals surface area contributed by atoms with E-state index in [9.17, 15) is 12.8 Å². The van der Waals surface area contributed by atoms with Crippen LogP contribution < -0.4 is 10.5 Å². The Morgan fingerprint density at radius 2 is 1.90 bits per heavy atom. The van der Waals surface area contributed by atoms with Gasteiger partial charge in [-0.3, -0.25) is 4.72 Å². The second-order valence-corrected chi connectivity index (χ2v) is 6.34. The van der Waals surface area contributed by atoms with Gasteiger partial charge in [-0.25, -0.2) is 12.8 Å². The first-order valence-electron chi connectivity index (χ1n) is 5.63. The number of hydrogen-bond acceptors (Lipinski definition) is 3. The van der Waals surface area contributed by atoms with E-state index in [-0.39, 0.29) is 16.3 Å². The highest BCUT2D eigenvalue weighted by molar-refractivity contribution is 7.92. The highest BCUT2D eigenvalue weighted by atomic mass is 35.5. The van der Waals surface area contributed by atoms with Gasteiger partial charge < -0.3 is 5.73 Å². The molecular weight excluding hydrogens is 303 g/mol. The molecule has 20 heavy (non-hydrogen) atoms. The zero-order chi connectivity index (χ0) is 14.9. The molecule has 0 aromatic heterocycles. The van der Waals surface area contributed by atoms with Gasteiger partial charge in [0.1, 0.15) is 5.82 Å². The minimum atomic E-state index is -3.78. The summed E-state index contributed by atoms with van der Waals surface area (Å²) in [6.45, 7) is 1.64. The summed E-state index contributed by atoms with van der Waals surface area (Å²) < 4.78 is 39.9. The highest BCUT2D eigenvalue weighted by Crippen LogP contribution is 2.23. The molecule has 4 nitrogen and oxygen atoms in total. The molecule has 7 heteroatoms. The lowest BCUT2D eigenvalue weighted by Gasteiger charge is -2.11. The van der Waals surface area contributed by atoms with E-state index in [0.29, 0.717) is 10.6 Å². The predicted octanol–water partition coefficient (Wildman–Crippen LogP) is 3.17. The minimum Gasteiger partial charge on any atom is -0.396 e. The third kappa shape index (κ3) is 3.02. The minimum absolute atomic E-state index is 0.102. The molecule has 0 spiro atoms. The summed E-state index contributed by atoms with van der Waals surface area (Å²) in [6.07, 6.45) is 0. The van der Waals surface area contributed by atoms with Crippen LogP contribution in [-0.2, 0) is 10.0 Å². The van der Waals surface area contributed by atoms with Gasteiger partial charge in [0.15, 0.2) is 0 Å². The summed E-state index contributed by atoms with van der Waals surface area (Å²) in [6, 6.07) is 8.07. The first-order chi connectivity index (χ1) is 9.29. The van der Waals surface area contributed by atoms with Crippen molar-refractivity contribution in [2.24, 2.45) is 0 Å². The molecule has 0 radical (unpaired) electrons. The summed E-state index contributed by atoms with van der Waals surface area (Å²) in [7, 11) is -3.78. The first-order valence-corrected chi connectivity index (χ1v) is 7.50. The topological polar surface area (TPSA) is 72.2 Å². The number of halogens is 2. The molecule has 0 bridgehead atoms. The van der Waals surface area contributed by atoms with E-state index in [1.807, 2.05) is 0 Å². The van der Waals surface area contributed by atoms with Gasteiger partial charge in [0, 0.05) is 5.02 Å². The Hall–Kier alpha value is -1.79. The number of hydrogen-bond donors (Lipinski definition) is 2. The largest absolute Gasteiger partial charge is 0.396 e. The summed E-state index contributed by atoms with van der Waals surface area (Å²) in [5.74, 6) is -0.601. The molecule has 0 aliphatic heterocycles. The average Bonchev–Trinajstić information content (AvgIpc) is 2.33. The maximum atomic E-state index is 13.0. The SMILES string of the molecule is Cc1cc(Cl)ccc1S(=O)(=O)Nc1ccc(F)c(N)c1. The van der Waals surface area contributed by atoms with Gasteiger partial charge >= 0.3 is 0 Å². The number of benzene rings is 2. The van der Waals surface area contributed by atoms with Crippen LogP contribution in [0, 0.1) is 12.7 Å². The number of rotatable bonds is 3. The Morgan fingerprint density at radius 3 is 2.50 bits per heavy atom. The Bertz CT molecular complexity index is 763. The van der Waals surface area contributed by atoms with E-state index in [2.05, 4.69) is 4.72 Å². The average molecular weight is 315 g/mol. The van der Waals surface area contributed by atoms with Crippen LogP contribution in [0.25, 0.3) is 0 Å². The van der Waals surface area contributed by atoms with Crippen LogP contribution in [0.15, 0.2) is 41.3 Å². The molecule has 0 saturated carbocycles. The third-order valence-corrected chi connectivity index (χ3v) is 4.45. The van der Waals surface area contributed by atoms with Gasteiger partial charge in [0.25, 0.3) is 10.0 Å².